The summed E-state index contributed by atoms with van der Waals surface area (Å²) in [5, 5.41) is 6.63. The fourth-order valence-electron chi connectivity index (χ4n) is 1.37. The van der Waals surface area contributed by atoms with E-state index in [1.54, 1.807) is 0 Å². The van der Waals surface area contributed by atoms with Gasteiger partial charge in [0.2, 0.25) is 0 Å². The summed E-state index contributed by atoms with van der Waals surface area (Å²) >= 11 is 1.83. The van der Waals surface area contributed by atoms with Crippen LogP contribution in [0.5, 0.6) is 0 Å². The van der Waals surface area contributed by atoms with Gasteiger partial charge in [0.1, 0.15) is 17.5 Å². The van der Waals surface area contributed by atoms with Gasteiger partial charge in [-0.15, -0.1) is 0 Å². The predicted octanol–water partition coefficient (Wildman–Crippen LogP) is 2.64. The molecule has 0 spiro atoms. The van der Waals surface area contributed by atoms with Crippen molar-refractivity contribution in [3.8, 4) is 0 Å². The monoisotopic (exact) mass is 254 g/mol. The third-order valence-electron chi connectivity index (χ3n) is 2.26. The van der Waals surface area contributed by atoms with Crippen LogP contribution >= 0.6 is 11.8 Å². The molecule has 5 heteroatoms. The standard InChI is InChI=1S/C12H22N4S/c1-4-6-13-11-9-12(14-7-8-17-3)16-10(5-2)15-11/h9H,4-8H2,1-3H3,(H2,13,14,15,16). The van der Waals surface area contributed by atoms with Gasteiger partial charge in [-0.1, -0.05) is 13.8 Å². The number of nitrogens with zero attached hydrogens (tertiary/aromatic N) is 2. The van der Waals surface area contributed by atoms with Gasteiger partial charge in [-0.3, -0.25) is 0 Å². The van der Waals surface area contributed by atoms with Gasteiger partial charge >= 0.3 is 0 Å². The second-order valence-corrected chi connectivity index (χ2v) is 4.74. The lowest BCUT2D eigenvalue weighted by Gasteiger charge is -2.10. The molecule has 0 saturated carbocycles. The number of hydrogen-bond donors (Lipinski definition) is 2. The highest BCUT2D eigenvalue weighted by Crippen LogP contribution is 2.12. The molecule has 96 valence electrons. The van der Waals surface area contributed by atoms with E-state index in [4.69, 9.17) is 0 Å². The highest BCUT2D eigenvalue weighted by molar-refractivity contribution is 7.98. The van der Waals surface area contributed by atoms with Crippen LogP contribution in [-0.4, -0.2) is 35.1 Å². The first-order chi connectivity index (χ1) is 8.30. The molecule has 0 amide bonds. The molecule has 0 bridgehead atoms. The number of hydrogen-bond acceptors (Lipinski definition) is 5. The maximum absolute atomic E-state index is 4.46. The lowest BCUT2D eigenvalue weighted by molar-refractivity contribution is 0.915. The highest BCUT2D eigenvalue weighted by Gasteiger charge is 2.02. The van der Waals surface area contributed by atoms with Gasteiger partial charge in [-0.2, -0.15) is 11.8 Å². The topological polar surface area (TPSA) is 49.8 Å². The summed E-state index contributed by atoms with van der Waals surface area (Å²) < 4.78 is 0. The van der Waals surface area contributed by atoms with Crippen LogP contribution < -0.4 is 10.6 Å². The molecule has 1 rings (SSSR count). The van der Waals surface area contributed by atoms with Crippen LogP contribution in [0.25, 0.3) is 0 Å². The van der Waals surface area contributed by atoms with E-state index in [1.165, 1.54) is 0 Å². The van der Waals surface area contributed by atoms with Crippen molar-refractivity contribution in [2.24, 2.45) is 0 Å². The maximum atomic E-state index is 4.46. The minimum absolute atomic E-state index is 0.860. The molecule has 0 aliphatic carbocycles. The first kappa shape index (κ1) is 14.1. The molecular formula is C12H22N4S. The second-order valence-electron chi connectivity index (χ2n) is 3.75. The molecule has 0 aliphatic rings. The van der Waals surface area contributed by atoms with Crippen molar-refractivity contribution in [1.29, 1.82) is 0 Å². The first-order valence-electron chi connectivity index (χ1n) is 6.14. The molecular weight excluding hydrogens is 232 g/mol. The number of aryl methyl sites for hydroxylation is 1. The zero-order valence-electron chi connectivity index (χ0n) is 10.9. The van der Waals surface area contributed by atoms with Crippen molar-refractivity contribution in [2.75, 3.05) is 35.7 Å². The molecule has 0 saturated heterocycles. The number of rotatable bonds is 8. The van der Waals surface area contributed by atoms with E-state index in [1.807, 2.05) is 17.8 Å². The summed E-state index contributed by atoms with van der Waals surface area (Å²) in [6.45, 7) is 6.11. The van der Waals surface area contributed by atoms with Crippen LogP contribution in [0.2, 0.25) is 0 Å². The number of anilines is 2. The van der Waals surface area contributed by atoms with Crippen molar-refractivity contribution < 1.29 is 0 Å². The van der Waals surface area contributed by atoms with E-state index >= 15 is 0 Å². The van der Waals surface area contributed by atoms with Crippen LogP contribution in [-0.2, 0) is 6.42 Å². The van der Waals surface area contributed by atoms with Gasteiger partial charge in [-0.05, 0) is 12.7 Å². The number of nitrogens with one attached hydrogen (secondary N) is 2. The van der Waals surface area contributed by atoms with Gasteiger partial charge < -0.3 is 10.6 Å². The molecule has 0 aromatic carbocycles. The molecule has 4 nitrogen and oxygen atoms in total. The Balaban J connectivity index is 2.67. The number of thioether (sulfide) groups is 1. The van der Waals surface area contributed by atoms with E-state index in [0.29, 0.717) is 0 Å². The van der Waals surface area contributed by atoms with E-state index in [9.17, 15) is 0 Å². The van der Waals surface area contributed by atoms with Gasteiger partial charge in [0.05, 0.1) is 0 Å². The zero-order chi connectivity index (χ0) is 12.5. The normalized spacial score (nSPS) is 10.3. The van der Waals surface area contributed by atoms with Crippen LogP contribution in [0.1, 0.15) is 26.1 Å². The molecule has 2 N–H and O–H groups in total. The Morgan fingerprint density at radius 1 is 1.12 bits per heavy atom. The van der Waals surface area contributed by atoms with E-state index in [2.05, 4.69) is 40.7 Å². The van der Waals surface area contributed by atoms with Gasteiger partial charge in [0, 0.05) is 31.3 Å². The molecule has 0 aliphatic heterocycles. The largest absolute Gasteiger partial charge is 0.370 e. The van der Waals surface area contributed by atoms with Crippen LogP contribution in [0.3, 0.4) is 0 Å². The fourth-order valence-corrected chi connectivity index (χ4v) is 1.68. The Hall–Kier alpha value is -0.970. The summed E-state index contributed by atoms with van der Waals surface area (Å²) in [4.78, 5) is 8.91. The van der Waals surface area contributed by atoms with Gasteiger partial charge in [0.15, 0.2) is 0 Å². The Morgan fingerprint density at radius 2 is 1.76 bits per heavy atom. The van der Waals surface area contributed by atoms with Crippen molar-refractivity contribution in [2.45, 2.75) is 26.7 Å². The van der Waals surface area contributed by atoms with Crippen molar-refractivity contribution >= 4 is 23.4 Å². The lowest BCUT2D eigenvalue weighted by atomic mass is 10.4. The van der Waals surface area contributed by atoms with Crippen LogP contribution in [0.4, 0.5) is 11.6 Å². The summed E-state index contributed by atoms with van der Waals surface area (Å²) in [6, 6.07) is 1.98. The van der Waals surface area contributed by atoms with Crippen LogP contribution in [0, 0.1) is 0 Å². The molecule has 1 aromatic rings. The third kappa shape index (κ3) is 5.26. The van der Waals surface area contributed by atoms with Crippen molar-refractivity contribution in [3.63, 3.8) is 0 Å². The highest BCUT2D eigenvalue weighted by atomic mass is 32.2. The lowest BCUT2D eigenvalue weighted by Crippen LogP contribution is -2.10. The Labute approximate surface area is 108 Å². The first-order valence-corrected chi connectivity index (χ1v) is 7.54. The number of aromatic nitrogens is 2. The summed E-state index contributed by atoms with van der Waals surface area (Å²) in [6.07, 6.45) is 4.06. The third-order valence-corrected chi connectivity index (χ3v) is 2.87. The van der Waals surface area contributed by atoms with E-state index in [-0.39, 0.29) is 0 Å². The van der Waals surface area contributed by atoms with Crippen molar-refractivity contribution in [1.82, 2.24) is 9.97 Å². The Morgan fingerprint density at radius 3 is 2.29 bits per heavy atom. The van der Waals surface area contributed by atoms with Gasteiger partial charge in [-0.25, -0.2) is 9.97 Å². The average Bonchev–Trinajstić information content (AvgIpc) is 2.36. The summed E-state index contributed by atoms with van der Waals surface area (Å²) in [5.74, 6) is 3.82. The predicted molar refractivity (Wildman–Crippen MR) is 77.1 cm³/mol. The Bertz CT molecular complexity index is 330. The SMILES string of the molecule is CCCNc1cc(NCCSC)nc(CC)n1. The smallest absolute Gasteiger partial charge is 0.132 e. The minimum Gasteiger partial charge on any atom is -0.370 e. The van der Waals surface area contributed by atoms with E-state index < -0.39 is 0 Å². The van der Waals surface area contributed by atoms with E-state index in [0.717, 1.165) is 49.1 Å². The minimum atomic E-state index is 0.860. The molecule has 1 heterocycles. The molecule has 0 atom stereocenters. The zero-order valence-corrected chi connectivity index (χ0v) is 11.7. The second kappa shape index (κ2) is 8.17. The quantitative estimate of drug-likeness (QED) is 0.698. The summed E-state index contributed by atoms with van der Waals surface area (Å²) in [5.41, 5.74) is 0. The maximum Gasteiger partial charge on any atom is 0.132 e. The van der Waals surface area contributed by atoms with Gasteiger partial charge in [0.25, 0.3) is 0 Å². The molecule has 0 fully saturated rings. The average molecular weight is 254 g/mol. The Kier molecular flexibility index (Phi) is 6.77. The molecule has 1 aromatic heterocycles. The van der Waals surface area contributed by atoms with Crippen molar-refractivity contribution in [3.05, 3.63) is 11.9 Å². The molecule has 0 radical (unpaired) electrons. The molecule has 17 heavy (non-hydrogen) atoms. The fraction of sp³-hybridized carbons (Fsp3) is 0.667. The summed E-state index contributed by atoms with van der Waals surface area (Å²) in [7, 11) is 0. The molecule has 0 unspecified atom stereocenters. The van der Waals surface area contributed by atoms with Crippen LogP contribution in [0.15, 0.2) is 6.07 Å².